The van der Waals surface area contributed by atoms with E-state index in [0.717, 1.165) is 32.2 Å². The van der Waals surface area contributed by atoms with E-state index in [9.17, 15) is 29.3 Å². The molecule has 202 valence electrons. The highest BCUT2D eigenvalue weighted by Crippen LogP contribution is 2.55. The average molecular weight is 558 g/mol. The number of carbonyl (C=O) groups is 4. The lowest BCUT2D eigenvalue weighted by molar-refractivity contribution is -0.384. The number of nitro groups is 1. The molecule has 4 heterocycles. The van der Waals surface area contributed by atoms with Crippen molar-refractivity contribution in [1.82, 2.24) is 4.90 Å². The number of hydrogen-bond acceptors (Lipinski definition) is 9. The maximum absolute atomic E-state index is 14.2. The molecular formula is C29H23N3O7S. The van der Waals surface area contributed by atoms with E-state index < -0.39 is 52.4 Å². The number of fused-ring (bicyclic) bond motifs is 5. The fraction of sp³-hybridized carbons (Fsp3) is 0.241. The highest BCUT2D eigenvalue weighted by atomic mass is 32.1. The number of ketones is 1. The zero-order valence-electron chi connectivity index (χ0n) is 21.7. The molecule has 40 heavy (non-hydrogen) atoms. The molecule has 0 radical (unpaired) electrons. The van der Waals surface area contributed by atoms with Crippen LogP contribution >= 0.6 is 11.3 Å². The molecule has 2 amide bonds. The van der Waals surface area contributed by atoms with Crippen LogP contribution in [0.15, 0.2) is 54.7 Å². The number of aryl methyl sites for hydroxylation is 1. The van der Waals surface area contributed by atoms with Crippen LogP contribution in [0.2, 0.25) is 0 Å². The molecule has 6 rings (SSSR count). The summed E-state index contributed by atoms with van der Waals surface area (Å²) < 4.78 is 4.97. The Hall–Kier alpha value is -4.64. The van der Waals surface area contributed by atoms with Gasteiger partial charge in [0.1, 0.15) is 11.0 Å². The second-order valence-electron chi connectivity index (χ2n) is 9.97. The van der Waals surface area contributed by atoms with Crippen LogP contribution in [0.4, 0.5) is 10.7 Å². The number of amides is 2. The van der Waals surface area contributed by atoms with E-state index in [1.165, 1.54) is 31.4 Å². The summed E-state index contributed by atoms with van der Waals surface area (Å²) in [5.41, 5.74) is 2.50. The molecule has 0 unspecified atom stereocenters. The number of carbonyl (C=O) groups excluding carboxylic acids is 4. The summed E-state index contributed by atoms with van der Waals surface area (Å²) in [5, 5.41) is 11.3. The quantitative estimate of drug-likeness (QED) is 0.148. The molecule has 0 spiro atoms. The zero-order chi connectivity index (χ0) is 28.5. The summed E-state index contributed by atoms with van der Waals surface area (Å²) in [4.78, 5) is 69.3. The van der Waals surface area contributed by atoms with Gasteiger partial charge in [0, 0.05) is 28.8 Å². The minimum absolute atomic E-state index is 0.158. The van der Waals surface area contributed by atoms with Crippen LogP contribution in [0.1, 0.15) is 48.3 Å². The molecule has 2 fully saturated rings. The number of anilines is 1. The van der Waals surface area contributed by atoms with Crippen molar-refractivity contribution in [2.24, 2.45) is 11.8 Å². The van der Waals surface area contributed by atoms with E-state index in [1.807, 2.05) is 30.3 Å². The molecule has 11 heteroatoms. The standard InChI is InChI=1S/C29H23N3O7S/c1-14-15(2)40-28(20(14)29(36)39-3)31-26(34)21-22(27(31)35)24(25(33)17-8-10-18(11-9-17)32(37)38)30-13-12-16-6-4-5-7-19(16)23(21)30/h4-13,21-24H,1-3H3/t21-,22+,23-,24+/m0/s1. The number of esters is 1. The van der Waals surface area contributed by atoms with Gasteiger partial charge >= 0.3 is 5.97 Å². The number of imide groups is 1. The number of rotatable bonds is 5. The minimum Gasteiger partial charge on any atom is -0.465 e. The fourth-order valence-corrected chi connectivity index (χ4v) is 7.24. The zero-order valence-corrected chi connectivity index (χ0v) is 22.5. The van der Waals surface area contributed by atoms with Gasteiger partial charge in [0.15, 0.2) is 5.78 Å². The molecule has 3 aliphatic rings. The lowest BCUT2D eigenvalue weighted by Gasteiger charge is -2.35. The van der Waals surface area contributed by atoms with Crippen molar-refractivity contribution in [2.75, 3.05) is 12.0 Å². The van der Waals surface area contributed by atoms with Crippen LogP contribution in [-0.2, 0) is 14.3 Å². The molecule has 0 saturated carbocycles. The van der Waals surface area contributed by atoms with Crippen LogP contribution in [0.5, 0.6) is 0 Å². The van der Waals surface area contributed by atoms with Gasteiger partial charge in [-0.2, -0.15) is 0 Å². The third-order valence-corrected chi connectivity index (χ3v) is 9.24. The van der Waals surface area contributed by atoms with Crippen molar-refractivity contribution in [2.45, 2.75) is 25.9 Å². The van der Waals surface area contributed by atoms with Gasteiger partial charge in [-0.1, -0.05) is 24.3 Å². The maximum Gasteiger partial charge on any atom is 0.341 e. The summed E-state index contributed by atoms with van der Waals surface area (Å²) in [6, 6.07) is 11.1. The van der Waals surface area contributed by atoms with Crippen molar-refractivity contribution in [1.29, 1.82) is 0 Å². The third-order valence-electron chi connectivity index (χ3n) is 8.05. The fourth-order valence-electron chi connectivity index (χ4n) is 6.08. The Morgan fingerprint density at radius 3 is 2.35 bits per heavy atom. The number of hydrogen-bond donors (Lipinski definition) is 0. The van der Waals surface area contributed by atoms with Gasteiger partial charge in [-0.25, -0.2) is 9.69 Å². The Kier molecular flexibility index (Phi) is 5.91. The van der Waals surface area contributed by atoms with Crippen molar-refractivity contribution in [3.63, 3.8) is 0 Å². The number of Topliss-reactive ketones (excluding diaryl/α,β-unsaturated/α-hetero) is 1. The Morgan fingerprint density at radius 2 is 1.68 bits per heavy atom. The Morgan fingerprint density at radius 1 is 1.00 bits per heavy atom. The van der Waals surface area contributed by atoms with Crippen LogP contribution in [0.3, 0.4) is 0 Å². The molecule has 1 aromatic heterocycles. The molecule has 0 bridgehead atoms. The first-order valence-corrected chi connectivity index (χ1v) is 13.4. The van der Waals surface area contributed by atoms with Gasteiger partial charge in [0.2, 0.25) is 11.8 Å². The largest absolute Gasteiger partial charge is 0.465 e. The summed E-state index contributed by atoms with van der Waals surface area (Å²) >= 11 is 1.16. The van der Waals surface area contributed by atoms with Crippen molar-refractivity contribution >= 4 is 51.7 Å². The SMILES string of the molecule is COC(=O)c1c(N2C(=O)[C@@H]3[C@H](C2=O)[C@@H]2c4ccccc4C=CN2[C@H]3C(=O)c2ccc([N+](=O)[O-])cc2)sc(C)c1C. The first kappa shape index (κ1) is 25.6. The number of non-ortho nitro benzene ring substituents is 1. The molecule has 0 N–H and O–H groups in total. The van der Waals surface area contributed by atoms with Crippen molar-refractivity contribution < 1.29 is 28.8 Å². The Labute approximate surface area is 232 Å². The van der Waals surface area contributed by atoms with Gasteiger partial charge in [0.05, 0.1) is 35.5 Å². The normalized spacial score (nSPS) is 22.7. The van der Waals surface area contributed by atoms with E-state index in [4.69, 9.17) is 4.74 Å². The molecule has 4 atom stereocenters. The average Bonchev–Trinajstić information content (AvgIpc) is 3.54. The first-order chi connectivity index (χ1) is 19.1. The second-order valence-corrected chi connectivity index (χ2v) is 11.2. The first-order valence-electron chi connectivity index (χ1n) is 12.5. The lowest BCUT2D eigenvalue weighted by Crippen LogP contribution is -2.44. The number of nitro benzene ring substituents is 1. The summed E-state index contributed by atoms with van der Waals surface area (Å²) in [6.45, 7) is 3.53. The van der Waals surface area contributed by atoms with Crippen LogP contribution < -0.4 is 4.90 Å². The molecule has 3 aromatic rings. The van der Waals surface area contributed by atoms with Gasteiger partial charge in [-0.15, -0.1) is 11.3 Å². The molecule has 0 aliphatic carbocycles. The van der Waals surface area contributed by atoms with Crippen molar-refractivity contribution in [3.8, 4) is 0 Å². The van der Waals surface area contributed by atoms with E-state index in [-0.39, 0.29) is 21.8 Å². The maximum atomic E-state index is 14.2. The molecule has 10 nitrogen and oxygen atoms in total. The molecule has 2 aromatic carbocycles. The lowest BCUT2D eigenvalue weighted by atomic mass is 9.83. The summed E-state index contributed by atoms with van der Waals surface area (Å²) in [7, 11) is 1.24. The van der Waals surface area contributed by atoms with E-state index in [2.05, 4.69) is 0 Å². The summed E-state index contributed by atoms with van der Waals surface area (Å²) in [6.07, 6.45) is 3.58. The number of thiophene rings is 1. The van der Waals surface area contributed by atoms with Gasteiger partial charge < -0.3 is 9.64 Å². The van der Waals surface area contributed by atoms with Gasteiger partial charge in [-0.05, 0) is 48.7 Å². The highest BCUT2D eigenvalue weighted by Gasteiger charge is 2.65. The van der Waals surface area contributed by atoms with Crippen molar-refractivity contribution in [3.05, 3.63) is 97.5 Å². The molecule has 3 aliphatic heterocycles. The van der Waals surface area contributed by atoms with Crippen LogP contribution in [-0.4, -0.2) is 46.5 Å². The number of benzene rings is 2. The Bertz CT molecular complexity index is 1660. The highest BCUT2D eigenvalue weighted by molar-refractivity contribution is 7.17. The smallest absolute Gasteiger partial charge is 0.341 e. The molecular weight excluding hydrogens is 534 g/mol. The van der Waals surface area contributed by atoms with Crippen LogP contribution in [0, 0.1) is 35.8 Å². The number of ether oxygens (including phenoxy) is 1. The third kappa shape index (κ3) is 3.54. The summed E-state index contributed by atoms with van der Waals surface area (Å²) in [5.74, 6) is -4.06. The monoisotopic (exact) mass is 557 g/mol. The van der Waals surface area contributed by atoms with E-state index in [0.29, 0.717) is 5.56 Å². The van der Waals surface area contributed by atoms with Gasteiger partial charge in [-0.3, -0.25) is 24.5 Å². The predicted octanol–water partition coefficient (Wildman–Crippen LogP) is 4.46. The minimum atomic E-state index is -1.04. The number of nitrogens with zero attached hydrogens (tertiary/aromatic N) is 3. The van der Waals surface area contributed by atoms with E-state index >= 15 is 0 Å². The van der Waals surface area contributed by atoms with E-state index in [1.54, 1.807) is 24.9 Å². The van der Waals surface area contributed by atoms with Crippen LogP contribution in [0.25, 0.3) is 6.08 Å². The number of methoxy groups -OCH3 is 1. The second kappa shape index (κ2) is 9.23. The van der Waals surface area contributed by atoms with Gasteiger partial charge in [0.25, 0.3) is 5.69 Å². The predicted molar refractivity (Wildman–Crippen MR) is 146 cm³/mol. The Balaban J connectivity index is 1.50. The molecule has 2 saturated heterocycles. The topological polar surface area (TPSA) is 127 Å².